The molecule has 1 amide bonds. The molecule has 2 aliphatic rings. The highest BCUT2D eigenvalue weighted by Gasteiger charge is 2.43. The molecule has 0 aromatic carbocycles. The molecule has 2 aliphatic heterocycles. The lowest BCUT2D eigenvalue weighted by molar-refractivity contribution is 0.0904. The van der Waals surface area contributed by atoms with Crippen molar-refractivity contribution in [3.63, 3.8) is 0 Å². The van der Waals surface area contributed by atoms with Crippen LogP contribution in [0.4, 0.5) is 0 Å². The number of carbonyl (C=O) groups excluding carboxylic acids is 1. The number of hydrogen-bond donors (Lipinski definition) is 1. The van der Waals surface area contributed by atoms with E-state index in [1.54, 1.807) is 22.7 Å². The van der Waals surface area contributed by atoms with Gasteiger partial charge in [-0.1, -0.05) is 0 Å². The van der Waals surface area contributed by atoms with E-state index in [1.165, 1.54) is 0 Å². The van der Waals surface area contributed by atoms with Gasteiger partial charge in [0.25, 0.3) is 5.91 Å². The van der Waals surface area contributed by atoms with Crippen molar-refractivity contribution in [1.82, 2.24) is 15.2 Å². The Labute approximate surface area is 143 Å². The maximum atomic E-state index is 12.1. The summed E-state index contributed by atoms with van der Waals surface area (Å²) in [5.74, 6) is 0.939. The Bertz CT molecular complexity index is 644. The minimum Gasteiger partial charge on any atom is -0.376 e. The molecule has 0 unspecified atom stereocenters. The van der Waals surface area contributed by atoms with E-state index in [4.69, 9.17) is 4.74 Å². The zero-order chi connectivity index (χ0) is 15.6. The van der Waals surface area contributed by atoms with Crippen LogP contribution in [0.15, 0.2) is 28.4 Å². The highest BCUT2D eigenvalue weighted by molar-refractivity contribution is 7.09. The number of hydrogen-bond acceptors (Lipinski definition) is 6. The van der Waals surface area contributed by atoms with Crippen LogP contribution in [-0.2, 0) is 11.3 Å². The number of fused-ring (bicyclic) bond motifs is 1. The molecule has 3 atom stereocenters. The molecule has 2 fully saturated rings. The van der Waals surface area contributed by atoms with Crippen LogP contribution < -0.4 is 5.32 Å². The van der Waals surface area contributed by atoms with Crippen LogP contribution in [0, 0.1) is 11.8 Å². The molecule has 122 valence electrons. The first kappa shape index (κ1) is 15.3. The monoisotopic (exact) mass is 349 g/mol. The summed E-state index contributed by atoms with van der Waals surface area (Å²) in [6.07, 6.45) is 2.16. The van der Waals surface area contributed by atoms with Gasteiger partial charge in [0.2, 0.25) is 0 Å². The van der Waals surface area contributed by atoms with Gasteiger partial charge in [-0.3, -0.25) is 9.69 Å². The first-order valence-corrected chi connectivity index (χ1v) is 9.64. The molecule has 2 aromatic rings. The van der Waals surface area contributed by atoms with Crippen LogP contribution in [-0.4, -0.2) is 48.1 Å². The summed E-state index contributed by atoms with van der Waals surface area (Å²) in [6.45, 7) is 4.36. The van der Waals surface area contributed by atoms with Gasteiger partial charge in [-0.15, -0.1) is 11.3 Å². The zero-order valence-corrected chi connectivity index (χ0v) is 14.3. The number of amides is 1. The smallest absolute Gasteiger partial charge is 0.252 e. The molecule has 0 spiro atoms. The Morgan fingerprint density at radius 1 is 1.43 bits per heavy atom. The number of ether oxygens (including phenoxy) is 1. The van der Waals surface area contributed by atoms with Gasteiger partial charge in [-0.2, -0.15) is 11.3 Å². The molecule has 4 rings (SSSR count). The number of rotatable bonds is 5. The Balaban J connectivity index is 1.30. The summed E-state index contributed by atoms with van der Waals surface area (Å²) < 4.78 is 5.95. The Kier molecular flexibility index (Phi) is 4.43. The van der Waals surface area contributed by atoms with Crippen LogP contribution in [0.1, 0.15) is 15.4 Å². The molecule has 0 radical (unpaired) electrons. The van der Waals surface area contributed by atoms with Gasteiger partial charge in [0, 0.05) is 54.0 Å². The van der Waals surface area contributed by atoms with Crippen molar-refractivity contribution in [3.05, 3.63) is 39.0 Å². The Morgan fingerprint density at radius 3 is 3.17 bits per heavy atom. The molecule has 0 bridgehead atoms. The van der Waals surface area contributed by atoms with E-state index >= 15 is 0 Å². The predicted octanol–water partition coefficient (Wildman–Crippen LogP) is 2.08. The van der Waals surface area contributed by atoms with E-state index in [9.17, 15) is 4.79 Å². The minimum absolute atomic E-state index is 0.0207. The maximum Gasteiger partial charge on any atom is 0.252 e. The summed E-state index contributed by atoms with van der Waals surface area (Å²) >= 11 is 3.25. The lowest BCUT2D eigenvalue weighted by atomic mass is 9.93. The van der Waals surface area contributed by atoms with Gasteiger partial charge < -0.3 is 10.1 Å². The largest absolute Gasteiger partial charge is 0.376 e. The van der Waals surface area contributed by atoms with Crippen LogP contribution in [0.5, 0.6) is 0 Å². The topological polar surface area (TPSA) is 54.5 Å². The third-order valence-electron chi connectivity index (χ3n) is 4.67. The lowest BCUT2D eigenvalue weighted by Gasteiger charge is -2.19. The summed E-state index contributed by atoms with van der Waals surface area (Å²) in [6, 6.07) is 1.86. The lowest BCUT2D eigenvalue weighted by Crippen LogP contribution is -2.34. The molecule has 0 saturated carbocycles. The van der Waals surface area contributed by atoms with E-state index in [2.05, 4.69) is 15.2 Å². The molecule has 23 heavy (non-hydrogen) atoms. The maximum absolute atomic E-state index is 12.1. The van der Waals surface area contributed by atoms with Gasteiger partial charge in [0.1, 0.15) is 5.01 Å². The second kappa shape index (κ2) is 6.68. The molecule has 2 saturated heterocycles. The molecule has 1 N–H and O–H groups in total. The van der Waals surface area contributed by atoms with Crippen molar-refractivity contribution in [2.45, 2.75) is 12.6 Å². The number of nitrogens with one attached hydrogen (secondary N) is 1. The normalized spacial score (nSPS) is 27.2. The number of carbonyl (C=O) groups is 1. The molecule has 7 heteroatoms. The number of aromatic nitrogens is 1. The Morgan fingerprint density at radius 2 is 2.39 bits per heavy atom. The first-order chi connectivity index (χ1) is 11.3. The first-order valence-electron chi connectivity index (χ1n) is 7.82. The van der Waals surface area contributed by atoms with Gasteiger partial charge in [-0.25, -0.2) is 4.98 Å². The van der Waals surface area contributed by atoms with E-state index in [-0.39, 0.29) is 5.91 Å². The van der Waals surface area contributed by atoms with Crippen molar-refractivity contribution in [1.29, 1.82) is 0 Å². The number of nitrogens with zero attached hydrogens (tertiary/aromatic N) is 2. The van der Waals surface area contributed by atoms with Gasteiger partial charge in [0.05, 0.1) is 19.3 Å². The van der Waals surface area contributed by atoms with Gasteiger partial charge in [-0.05, 0) is 11.4 Å². The third-order valence-corrected chi connectivity index (χ3v) is 6.11. The average molecular weight is 349 g/mol. The molecule has 4 heterocycles. The quantitative estimate of drug-likeness (QED) is 0.898. The van der Waals surface area contributed by atoms with Crippen LogP contribution in [0.2, 0.25) is 0 Å². The van der Waals surface area contributed by atoms with E-state index in [1.807, 2.05) is 28.4 Å². The van der Waals surface area contributed by atoms with Gasteiger partial charge in [0.15, 0.2) is 0 Å². The molecule has 5 nitrogen and oxygen atoms in total. The SMILES string of the molecule is O=C(NC[C@@H]1CO[C@@H]2CN(Cc3nccs3)C[C@H]12)c1ccsc1. The fourth-order valence-electron chi connectivity index (χ4n) is 3.46. The molecular formula is C16H19N3O2S2. The van der Waals surface area contributed by atoms with Crippen LogP contribution in [0.25, 0.3) is 0 Å². The summed E-state index contributed by atoms with van der Waals surface area (Å²) in [5, 5.41) is 10.0. The fourth-order valence-corrected chi connectivity index (χ4v) is 4.75. The molecular weight excluding hydrogens is 330 g/mol. The van der Waals surface area contributed by atoms with E-state index in [0.717, 1.165) is 36.8 Å². The van der Waals surface area contributed by atoms with Crippen molar-refractivity contribution in [3.8, 4) is 0 Å². The van der Waals surface area contributed by atoms with Gasteiger partial charge >= 0.3 is 0 Å². The highest BCUT2D eigenvalue weighted by atomic mass is 32.1. The van der Waals surface area contributed by atoms with Crippen molar-refractivity contribution < 1.29 is 9.53 Å². The summed E-state index contributed by atoms with van der Waals surface area (Å²) in [5.41, 5.74) is 0.752. The van der Waals surface area contributed by atoms with E-state index < -0.39 is 0 Å². The summed E-state index contributed by atoms with van der Waals surface area (Å²) in [4.78, 5) is 18.8. The number of thiazole rings is 1. The van der Waals surface area contributed by atoms with E-state index in [0.29, 0.717) is 24.5 Å². The number of thiophene rings is 1. The fraction of sp³-hybridized carbons (Fsp3) is 0.500. The third kappa shape index (κ3) is 3.33. The molecule has 2 aromatic heterocycles. The van der Waals surface area contributed by atoms with Crippen molar-refractivity contribution in [2.24, 2.45) is 11.8 Å². The van der Waals surface area contributed by atoms with Crippen molar-refractivity contribution >= 4 is 28.6 Å². The molecule has 0 aliphatic carbocycles. The second-order valence-corrected chi connectivity index (χ2v) is 7.90. The van der Waals surface area contributed by atoms with Crippen LogP contribution in [0.3, 0.4) is 0 Å². The predicted molar refractivity (Wildman–Crippen MR) is 90.8 cm³/mol. The zero-order valence-electron chi connectivity index (χ0n) is 12.7. The Hall–Kier alpha value is -1.28. The van der Waals surface area contributed by atoms with Crippen LogP contribution >= 0.6 is 22.7 Å². The summed E-state index contributed by atoms with van der Waals surface area (Å²) in [7, 11) is 0. The second-order valence-electron chi connectivity index (χ2n) is 6.14. The minimum atomic E-state index is 0.0207. The standard InChI is InChI=1S/C16H19N3O2S2/c20-16(11-1-3-22-10-11)18-5-12-9-21-14-7-19(6-13(12)14)8-15-17-2-4-23-15/h1-4,10,12-14H,5-9H2,(H,18,20)/t12-,13-,14-/m1/s1. The highest BCUT2D eigenvalue weighted by Crippen LogP contribution is 2.34. The number of likely N-dealkylation sites (tertiary alicyclic amines) is 1. The van der Waals surface area contributed by atoms with Crippen molar-refractivity contribution in [2.75, 3.05) is 26.2 Å². The average Bonchev–Trinajstić information content (AvgIpc) is 3.31.